The van der Waals surface area contributed by atoms with Gasteiger partial charge in [-0.1, -0.05) is 23.5 Å². The number of nitrogens with one attached hydrogen (secondary N) is 1. The number of para-hydroxylation sites is 1. The minimum Gasteiger partial charge on any atom is -0.492 e. The first kappa shape index (κ1) is 19.5. The third-order valence-corrected chi connectivity index (χ3v) is 5.98. The highest BCUT2D eigenvalue weighted by Crippen LogP contribution is 2.32. The second kappa shape index (κ2) is 8.26. The third kappa shape index (κ3) is 3.99. The van der Waals surface area contributed by atoms with Crippen molar-refractivity contribution in [3.05, 3.63) is 59.8 Å². The van der Waals surface area contributed by atoms with E-state index >= 15 is 0 Å². The van der Waals surface area contributed by atoms with Gasteiger partial charge in [0.2, 0.25) is 5.13 Å². The van der Waals surface area contributed by atoms with Gasteiger partial charge in [0.25, 0.3) is 5.91 Å². The Morgan fingerprint density at radius 3 is 2.86 bits per heavy atom. The molecule has 0 saturated heterocycles. The molecule has 0 bridgehead atoms. The Bertz CT molecular complexity index is 1180. The maximum atomic E-state index is 12.8. The number of aromatic nitrogens is 3. The Kier molecular flexibility index (Phi) is 5.55. The second-order valence-corrected chi connectivity index (χ2v) is 8.19. The molecule has 4 rings (SSSR count). The van der Waals surface area contributed by atoms with Crippen molar-refractivity contribution in [3.63, 3.8) is 0 Å². The summed E-state index contributed by atoms with van der Waals surface area (Å²) in [6, 6.07) is 15.2. The zero-order valence-corrected chi connectivity index (χ0v) is 17.9. The Morgan fingerprint density at radius 2 is 2.07 bits per heavy atom. The van der Waals surface area contributed by atoms with Crippen LogP contribution in [-0.2, 0) is 0 Å². The number of aryl methyl sites for hydroxylation is 1. The van der Waals surface area contributed by atoms with Crippen LogP contribution in [0.15, 0.2) is 53.4 Å². The molecule has 0 saturated carbocycles. The molecule has 0 unspecified atom stereocenters. The van der Waals surface area contributed by atoms with E-state index in [-0.39, 0.29) is 5.91 Å². The minimum absolute atomic E-state index is 0.182. The van der Waals surface area contributed by atoms with Gasteiger partial charge in [-0.15, -0.1) is 11.8 Å². The number of fused-ring (bicyclic) bond motifs is 1. The Balaban J connectivity index is 1.69. The first-order valence-electron chi connectivity index (χ1n) is 9.14. The van der Waals surface area contributed by atoms with Gasteiger partial charge in [-0.05, 0) is 50.4 Å². The van der Waals surface area contributed by atoms with E-state index < -0.39 is 0 Å². The van der Waals surface area contributed by atoms with Gasteiger partial charge in [0, 0.05) is 16.5 Å². The molecule has 0 spiro atoms. The summed E-state index contributed by atoms with van der Waals surface area (Å²) >= 11 is 3.10. The fourth-order valence-electron chi connectivity index (χ4n) is 2.96. The molecule has 8 heteroatoms. The molecular formula is C21H20N4O2S2. The van der Waals surface area contributed by atoms with Gasteiger partial charge in [-0.3, -0.25) is 4.79 Å². The number of anilines is 1. The van der Waals surface area contributed by atoms with Gasteiger partial charge in [-0.2, -0.15) is 9.78 Å². The molecule has 1 amide bonds. The number of ether oxygens (including phenoxy) is 1. The number of thioether (sulfide) groups is 1. The lowest BCUT2D eigenvalue weighted by Crippen LogP contribution is -2.15. The molecule has 1 N–H and O–H groups in total. The van der Waals surface area contributed by atoms with Crippen LogP contribution < -0.4 is 10.1 Å². The SMILES string of the molecule is CCOc1cccc2sc(-n3nc(C)cc3NC(=O)c3cccc(SC)c3)nc12. The number of thiazole rings is 1. The maximum absolute atomic E-state index is 12.8. The average molecular weight is 425 g/mol. The van der Waals surface area contributed by atoms with Crippen molar-refractivity contribution < 1.29 is 9.53 Å². The highest BCUT2D eigenvalue weighted by molar-refractivity contribution is 7.98. The monoisotopic (exact) mass is 424 g/mol. The van der Waals surface area contributed by atoms with Crippen LogP contribution in [0.2, 0.25) is 0 Å². The van der Waals surface area contributed by atoms with Crippen LogP contribution in [0.1, 0.15) is 23.0 Å². The van der Waals surface area contributed by atoms with Gasteiger partial charge in [-0.25, -0.2) is 4.98 Å². The van der Waals surface area contributed by atoms with Crippen LogP contribution in [0.5, 0.6) is 5.75 Å². The van der Waals surface area contributed by atoms with Crippen molar-refractivity contribution in [1.82, 2.24) is 14.8 Å². The molecule has 0 aliphatic carbocycles. The number of amides is 1. The topological polar surface area (TPSA) is 69.0 Å². The molecule has 6 nitrogen and oxygen atoms in total. The fraction of sp³-hybridized carbons (Fsp3) is 0.190. The quantitative estimate of drug-likeness (QED) is 0.433. The summed E-state index contributed by atoms with van der Waals surface area (Å²) in [7, 11) is 0. The van der Waals surface area contributed by atoms with Gasteiger partial charge >= 0.3 is 0 Å². The highest BCUT2D eigenvalue weighted by Gasteiger charge is 2.17. The molecule has 2 heterocycles. The van der Waals surface area contributed by atoms with Gasteiger partial charge in [0.1, 0.15) is 17.1 Å². The second-order valence-electron chi connectivity index (χ2n) is 6.30. The number of hydrogen-bond donors (Lipinski definition) is 1. The predicted octanol–water partition coefficient (Wildman–Crippen LogP) is 5.16. The molecule has 2 aromatic carbocycles. The van der Waals surface area contributed by atoms with Crippen molar-refractivity contribution in [1.29, 1.82) is 0 Å². The van der Waals surface area contributed by atoms with Crippen LogP contribution in [0.25, 0.3) is 15.3 Å². The normalized spacial score (nSPS) is 11.0. The van der Waals surface area contributed by atoms with Crippen LogP contribution in [0, 0.1) is 6.92 Å². The van der Waals surface area contributed by atoms with E-state index in [1.165, 1.54) is 11.3 Å². The summed E-state index contributed by atoms with van der Waals surface area (Å²) in [6.45, 7) is 4.41. The van der Waals surface area contributed by atoms with E-state index in [1.807, 2.05) is 62.6 Å². The van der Waals surface area contributed by atoms with Crippen molar-refractivity contribution in [2.75, 3.05) is 18.2 Å². The molecule has 0 aliphatic rings. The lowest BCUT2D eigenvalue weighted by molar-refractivity contribution is 0.102. The van der Waals surface area contributed by atoms with Crippen molar-refractivity contribution in [2.45, 2.75) is 18.7 Å². The number of rotatable bonds is 6. The van der Waals surface area contributed by atoms with E-state index in [0.717, 1.165) is 26.6 Å². The van der Waals surface area contributed by atoms with Gasteiger partial charge < -0.3 is 10.1 Å². The van der Waals surface area contributed by atoms with Crippen LogP contribution in [0.4, 0.5) is 5.82 Å². The first-order chi connectivity index (χ1) is 14.1. The standard InChI is InChI=1S/C21H20N4O2S2/c1-4-27-16-9-6-10-17-19(16)23-21(29-17)25-18(11-13(2)24-25)22-20(26)14-7-5-8-15(12-14)28-3/h5-12H,4H2,1-3H3,(H,22,26). The predicted molar refractivity (Wildman–Crippen MR) is 119 cm³/mol. The summed E-state index contributed by atoms with van der Waals surface area (Å²) < 4.78 is 8.37. The molecule has 148 valence electrons. The summed E-state index contributed by atoms with van der Waals surface area (Å²) in [5.41, 5.74) is 2.19. The highest BCUT2D eigenvalue weighted by atomic mass is 32.2. The van der Waals surface area contributed by atoms with E-state index in [1.54, 1.807) is 22.5 Å². The molecule has 4 aromatic rings. The van der Waals surface area contributed by atoms with E-state index in [4.69, 9.17) is 9.72 Å². The van der Waals surface area contributed by atoms with Crippen molar-refractivity contribution in [3.8, 4) is 10.9 Å². The fourth-order valence-corrected chi connectivity index (χ4v) is 4.37. The molecule has 0 fully saturated rings. The van der Waals surface area contributed by atoms with Crippen LogP contribution in [-0.4, -0.2) is 33.5 Å². The Morgan fingerprint density at radius 1 is 1.24 bits per heavy atom. The van der Waals surface area contributed by atoms with Crippen LogP contribution >= 0.6 is 23.1 Å². The molecule has 29 heavy (non-hydrogen) atoms. The zero-order chi connectivity index (χ0) is 20.4. The maximum Gasteiger partial charge on any atom is 0.256 e. The zero-order valence-electron chi connectivity index (χ0n) is 16.3. The summed E-state index contributed by atoms with van der Waals surface area (Å²) in [6.07, 6.45) is 1.99. The minimum atomic E-state index is -0.182. The Labute approximate surface area is 176 Å². The molecule has 0 radical (unpaired) electrons. The lowest BCUT2D eigenvalue weighted by atomic mass is 10.2. The van der Waals surface area contributed by atoms with Crippen LogP contribution in [0.3, 0.4) is 0 Å². The number of nitrogens with zero attached hydrogens (tertiary/aromatic N) is 3. The summed E-state index contributed by atoms with van der Waals surface area (Å²) in [5.74, 6) is 1.15. The molecule has 2 aromatic heterocycles. The number of carbonyl (C=O) groups is 1. The molecular weight excluding hydrogens is 404 g/mol. The number of benzene rings is 2. The average Bonchev–Trinajstić information content (AvgIpc) is 3.32. The smallest absolute Gasteiger partial charge is 0.256 e. The molecule has 0 aliphatic heterocycles. The van der Waals surface area contributed by atoms with E-state index in [0.29, 0.717) is 23.1 Å². The first-order valence-corrected chi connectivity index (χ1v) is 11.2. The molecule has 0 atom stereocenters. The summed E-state index contributed by atoms with van der Waals surface area (Å²) in [5, 5.41) is 8.18. The van der Waals surface area contributed by atoms with Crippen molar-refractivity contribution >= 4 is 45.0 Å². The Hall–Kier alpha value is -2.84. The largest absolute Gasteiger partial charge is 0.492 e. The van der Waals surface area contributed by atoms with E-state index in [2.05, 4.69) is 10.4 Å². The summed E-state index contributed by atoms with van der Waals surface area (Å²) in [4.78, 5) is 18.5. The van der Waals surface area contributed by atoms with E-state index in [9.17, 15) is 4.79 Å². The third-order valence-electron chi connectivity index (χ3n) is 4.26. The number of carbonyl (C=O) groups excluding carboxylic acids is 1. The van der Waals surface area contributed by atoms with Gasteiger partial charge in [0.15, 0.2) is 0 Å². The number of hydrogen-bond acceptors (Lipinski definition) is 6. The van der Waals surface area contributed by atoms with Gasteiger partial charge in [0.05, 0.1) is 17.0 Å². The lowest BCUT2D eigenvalue weighted by Gasteiger charge is -2.07. The van der Waals surface area contributed by atoms with Crippen molar-refractivity contribution in [2.24, 2.45) is 0 Å².